The number of primary amides is 1. The molecule has 1 saturated carbocycles. The van der Waals surface area contributed by atoms with Crippen LogP contribution in [-0.4, -0.2) is 29.3 Å². The Labute approximate surface area is 116 Å². The largest absolute Gasteiger partial charge is 0.365 e. The summed E-state index contributed by atoms with van der Waals surface area (Å²) in [6.07, 6.45) is 2.46. The first-order chi connectivity index (χ1) is 8.90. The van der Waals surface area contributed by atoms with Crippen molar-refractivity contribution in [3.8, 4) is 0 Å². The van der Waals surface area contributed by atoms with E-state index >= 15 is 0 Å². The summed E-state index contributed by atoms with van der Waals surface area (Å²) in [5, 5.41) is 0. The van der Waals surface area contributed by atoms with E-state index in [1.807, 2.05) is 4.90 Å². The van der Waals surface area contributed by atoms with Gasteiger partial charge in [-0.05, 0) is 30.9 Å². The summed E-state index contributed by atoms with van der Waals surface area (Å²) in [5.74, 6) is 0.253. The topological polar surface area (TPSA) is 63.4 Å². The molecule has 2 aliphatic rings. The molecular weight excluding hydrogens is 260 g/mol. The van der Waals surface area contributed by atoms with Gasteiger partial charge < -0.3 is 10.6 Å². The van der Waals surface area contributed by atoms with Crippen molar-refractivity contribution in [2.24, 2.45) is 17.1 Å². The number of nitrogens with zero attached hydrogens (tertiary/aromatic N) is 1. The molecule has 4 nitrogen and oxygen atoms in total. The normalized spacial score (nSPS) is 24.9. The Balaban J connectivity index is 1.78. The Morgan fingerprint density at radius 2 is 1.95 bits per heavy atom. The number of carbonyl (C=O) groups excluding carboxylic acids is 2. The maximum absolute atomic E-state index is 12.5. The van der Waals surface area contributed by atoms with E-state index in [-0.39, 0.29) is 11.3 Å². The Kier molecular flexibility index (Phi) is 2.71. The highest BCUT2D eigenvalue weighted by molar-refractivity contribution is 7.15. The van der Waals surface area contributed by atoms with Crippen LogP contribution in [0.4, 0.5) is 0 Å². The van der Waals surface area contributed by atoms with Crippen LogP contribution in [0.5, 0.6) is 0 Å². The molecule has 3 rings (SSSR count). The lowest BCUT2D eigenvalue weighted by atomic mass is 9.72. The molecule has 19 heavy (non-hydrogen) atoms. The maximum Gasteiger partial charge on any atom is 0.264 e. The molecule has 2 N–H and O–H groups in total. The molecule has 0 radical (unpaired) electrons. The fourth-order valence-electron chi connectivity index (χ4n) is 3.17. The molecule has 2 fully saturated rings. The van der Waals surface area contributed by atoms with Gasteiger partial charge in [0.25, 0.3) is 11.8 Å². The third-order valence-electron chi connectivity index (χ3n) is 4.10. The molecule has 1 aliphatic heterocycles. The minimum Gasteiger partial charge on any atom is -0.365 e. The molecule has 1 aromatic rings. The monoisotopic (exact) mass is 278 g/mol. The van der Waals surface area contributed by atoms with Gasteiger partial charge in [0.15, 0.2) is 0 Å². The summed E-state index contributed by atoms with van der Waals surface area (Å²) in [7, 11) is 0. The summed E-state index contributed by atoms with van der Waals surface area (Å²) in [6, 6.07) is 3.71. The summed E-state index contributed by atoms with van der Waals surface area (Å²) in [5.41, 5.74) is 5.45. The van der Waals surface area contributed by atoms with Gasteiger partial charge in [-0.1, -0.05) is 13.8 Å². The van der Waals surface area contributed by atoms with Crippen LogP contribution in [-0.2, 0) is 0 Å². The highest BCUT2D eigenvalue weighted by Gasteiger charge is 2.54. The van der Waals surface area contributed by atoms with Crippen molar-refractivity contribution in [1.82, 2.24) is 4.90 Å². The Bertz CT molecular complexity index is 545. The number of thiophene rings is 1. The van der Waals surface area contributed by atoms with Crippen LogP contribution >= 0.6 is 11.3 Å². The Morgan fingerprint density at radius 1 is 1.32 bits per heavy atom. The van der Waals surface area contributed by atoms with Crippen LogP contribution in [0, 0.1) is 11.3 Å². The van der Waals surface area contributed by atoms with Gasteiger partial charge in [0.05, 0.1) is 9.75 Å². The number of hydrogen-bond acceptors (Lipinski definition) is 3. The van der Waals surface area contributed by atoms with E-state index in [1.54, 1.807) is 12.1 Å². The van der Waals surface area contributed by atoms with Crippen molar-refractivity contribution in [3.05, 3.63) is 21.9 Å². The number of amides is 2. The zero-order valence-electron chi connectivity index (χ0n) is 11.2. The zero-order chi connectivity index (χ0) is 13.8. The fraction of sp³-hybridized carbons (Fsp3) is 0.571. The minimum atomic E-state index is -0.466. The average molecular weight is 278 g/mol. The molecular formula is C14H18N2O2S. The molecule has 0 spiro atoms. The van der Waals surface area contributed by atoms with E-state index in [0.717, 1.165) is 6.54 Å². The van der Waals surface area contributed by atoms with Crippen molar-refractivity contribution in [2.75, 3.05) is 6.54 Å². The second-order valence-corrected chi connectivity index (χ2v) is 7.32. The third-order valence-corrected chi connectivity index (χ3v) is 5.19. The second kappa shape index (κ2) is 4.07. The zero-order valence-corrected chi connectivity index (χ0v) is 12.0. The van der Waals surface area contributed by atoms with E-state index in [1.165, 1.54) is 24.2 Å². The molecule has 1 aromatic heterocycles. The predicted molar refractivity (Wildman–Crippen MR) is 74.2 cm³/mol. The highest BCUT2D eigenvalue weighted by atomic mass is 32.1. The van der Waals surface area contributed by atoms with Crippen molar-refractivity contribution >= 4 is 23.2 Å². The molecule has 1 aliphatic carbocycles. The van der Waals surface area contributed by atoms with E-state index in [4.69, 9.17) is 5.73 Å². The predicted octanol–water partition coefficient (Wildman–Crippen LogP) is 2.11. The molecule has 0 aromatic carbocycles. The standard InChI is InChI=1S/C14H18N2O2S/c1-14(2)7-16(11(14)8-3-4-8)13(18)10-6-5-9(19-10)12(15)17/h5-6,8,11H,3-4,7H2,1-2H3,(H2,15,17). The van der Waals surface area contributed by atoms with E-state index in [9.17, 15) is 9.59 Å². The first-order valence-corrected chi connectivity index (χ1v) is 7.42. The third kappa shape index (κ3) is 2.06. The fourth-order valence-corrected chi connectivity index (χ4v) is 3.98. The van der Waals surface area contributed by atoms with Gasteiger partial charge in [0.1, 0.15) is 0 Å². The second-order valence-electron chi connectivity index (χ2n) is 6.23. The lowest BCUT2D eigenvalue weighted by Crippen LogP contribution is -2.64. The van der Waals surface area contributed by atoms with Crippen molar-refractivity contribution in [2.45, 2.75) is 32.7 Å². The lowest BCUT2D eigenvalue weighted by molar-refractivity contribution is -0.0406. The first-order valence-electron chi connectivity index (χ1n) is 6.61. The number of hydrogen-bond donors (Lipinski definition) is 1. The summed E-state index contributed by atoms with van der Waals surface area (Å²) >= 11 is 1.20. The molecule has 1 atom stereocenters. The molecule has 2 heterocycles. The van der Waals surface area contributed by atoms with E-state index < -0.39 is 5.91 Å². The molecule has 0 bridgehead atoms. The van der Waals surface area contributed by atoms with Crippen molar-refractivity contribution in [1.29, 1.82) is 0 Å². The van der Waals surface area contributed by atoms with E-state index in [0.29, 0.717) is 21.7 Å². The number of carbonyl (C=O) groups is 2. The number of rotatable bonds is 3. The molecule has 102 valence electrons. The van der Waals surface area contributed by atoms with Crippen LogP contribution in [0.15, 0.2) is 12.1 Å². The van der Waals surface area contributed by atoms with Gasteiger partial charge in [-0.2, -0.15) is 0 Å². The molecule has 5 heteroatoms. The average Bonchev–Trinajstić information content (AvgIpc) is 2.98. The van der Waals surface area contributed by atoms with Crippen LogP contribution in [0.2, 0.25) is 0 Å². The van der Waals surface area contributed by atoms with Gasteiger partial charge in [-0.25, -0.2) is 0 Å². The Hall–Kier alpha value is -1.36. The van der Waals surface area contributed by atoms with Gasteiger partial charge >= 0.3 is 0 Å². The first kappa shape index (κ1) is 12.7. The van der Waals surface area contributed by atoms with Crippen molar-refractivity contribution in [3.63, 3.8) is 0 Å². The Morgan fingerprint density at radius 3 is 2.42 bits per heavy atom. The van der Waals surface area contributed by atoms with Gasteiger partial charge in [-0.15, -0.1) is 11.3 Å². The van der Waals surface area contributed by atoms with Gasteiger partial charge in [0, 0.05) is 18.0 Å². The maximum atomic E-state index is 12.5. The summed E-state index contributed by atoms with van der Waals surface area (Å²) in [4.78, 5) is 26.6. The highest BCUT2D eigenvalue weighted by Crippen LogP contribution is 2.50. The number of nitrogens with two attached hydrogens (primary N) is 1. The molecule has 1 saturated heterocycles. The smallest absolute Gasteiger partial charge is 0.264 e. The SMILES string of the molecule is CC1(C)CN(C(=O)c2ccc(C(N)=O)s2)C1C1CC1. The van der Waals surface area contributed by atoms with Crippen LogP contribution in [0.1, 0.15) is 46.0 Å². The summed E-state index contributed by atoms with van der Waals surface area (Å²) < 4.78 is 0. The number of likely N-dealkylation sites (tertiary alicyclic amines) is 1. The molecule has 2 amide bonds. The van der Waals surface area contributed by atoms with Crippen molar-refractivity contribution < 1.29 is 9.59 Å². The summed E-state index contributed by atoms with van der Waals surface area (Å²) in [6.45, 7) is 5.25. The molecule has 1 unspecified atom stereocenters. The van der Waals surface area contributed by atoms with Crippen LogP contribution in [0.3, 0.4) is 0 Å². The van der Waals surface area contributed by atoms with Crippen LogP contribution < -0.4 is 5.73 Å². The van der Waals surface area contributed by atoms with Gasteiger partial charge in [0.2, 0.25) is 0 Å². The van der Waals surface area contributed by atoms with Gasteiger partial charge in [-0.3, -0.25) is 9.59 Å². The lowest BCUT2D eigenvalue weighted by Gasteiger charge is -2.54. The quantitative estimate of drug-likeness (QED) is 0.920. The van der Waals surface area contributed by atoms with Crippen LogP contribution in [0.25, 0.3) is 0 Å². The van der Waals surface area contributed by atoms with E-state index in [2.05, 4.69) is 13.8 Å². The minimum absolute atomic E-state index is 0.0497.